The van der Waals surface area contributed by atoms with Gasteiger partial charge in [-0.2, -0.15) is 0 Å². The van der Waals surface area contributed by atoms with Crippen LogP contribution in [0.5, 0.6) is 0 Å². The molecule has 0 spiro atoms. The van der Waals surface area contributed by atoms with E-state index in [1.807, 2.05) is 12.1 Å². The molecule has 7 aromatic carbocycles. The van der Waals surface area contributed by atoms with Gasteiger partial charge in [0, 0.05) is 43.9 Å². The number of aromatic nitrogens is 1. The molecular weight excluding hydrogens is 593 g/mol. The second-order valence-corrected chi connectivity index (χ2v) is 12.9. The van der Waals surface area contributed by atoms with E-state index in [2.05, 4.69) is 150 Å². The Bertz CT molecular complexity index is 2590. The van der Waals surface area contributed by atoms with E-state index in [0.29, 0.717) is 0 Å². The van der Waals surface area contributed by atoms with Gasteiger partial charge in [0.1, 0.15) is 10.6 Å². The van der Waals surface area contributed by atoms with Gasteiger partial charge in [-0.25, -0.2) is 4.98 Å². The minimum Gasteiger partial charge on any atom is -0.454 e. The summed E-state index contributed by atoms with van der Waals surface area (Å²) in [6, 6.07) is 55.8. The minimum atomic E-state index is 0.873. The first-order chi connectivity index (χ1) is 23.3. The van der Waals surface area contributed by atoms with Crippen LogP contribution in [-0.2, 0) is 0 Å². The molecule has 0 atom stereocenters. The van der Waals surface area contributed by atoms with Crippen molar-refractivity contribution >= 4 is 61.1 Å². The van der Waals surface area contributed by atoms with Gasteiger partial charge in [0.15, 0.2) is 5.58 Å². The van der Waals surface area contributed by atoms with Crippen LogP contribution in [0.25, 0.3) is 76.1 Å². The molecule has 0 saturated heterocycles. The van der Waals surface area contributed by atoms with E-state index in [-0.39, 0.29) is 0 Å². The molecular formula is C43H26N2OS. The predicted octanol–water partition coefficient (Wildman–Crippen LogP) is 12.6. The van der Waals surface area contributed by atoms with Crippen molar-refractivity contribution in [2.45, 2.75) is 0 Å². The fraction of sp³-hybridized carbons (Fsp3) is 0. The highest BCUT2D eigenvalue weighted by Gasteiger charge is 2.29. The summed E-state index contributed by atoms with van der Waals surface area (Å²) >= 11 is 1.78. The Morgan fingerprint density at radius 3 is 2.00 bits per heavy atom. The lowest BCUT2D eigenvalue weighted by Crippen LogP contribution is -2.11. The zero-order valence-electron chi connectivity index (χ0n) is 25.2. The van der Waals surface area contributed by atoms with E-state index >= 15 is 0 Å². The average Bonchev–Trinajstić information content (AvgIpc) is 3.83. The number of hydrogen-bond acceptors (Lipinski definition) is 4. The van der Waals surface area contributed by atoms with Crippen LogP contribution < -0.4 is 4.90 Å². The van der Waals surface area contributed by atoms with Crippen molar-refractivity contribution in [3.8, 4) is 43.4 Å². The molecule has 1 aliphatic rings. The van der Waals surface area contributed by atoms with E-state index in [9.17, 15) is 0 Å². The number of thiazole rings is 1. The monoisotopic (exact) mass is 618 g/mol. The first-order valence-corrected chi connectivity index (χ1v) is 16.6. The Labute approximate surface area is 275 Å². The van der Waals surface area contributed by atoms with E-state index in [4.69, 9.17) is 9.40 Å². The standard InChI is InChI=1S/C43H26N2OS/c1-3-11-27(12-4-1)28-21-23-30(24-22-28)45(37-19-10-16-32-31-15-7-8-20-38(31)46-41(32)37)36-26-25-34-39-33(36)17-9-18-35(39)42-40(34)44-43(47-42)29-13-5-2-6-14-29/h1-26H. The molecule has 2 aromatic heterocycles. The fourth-order valence-electron chi connectivity index (χ4n) is 7.11. The Balaban J connectivity index is 1.19. The Morgan fingerprint density at radius 1 is 0.489 bits per heavy atom. The molecule has 10 rings (SSSR count). The van der Waals surface area contributed by atoms with E-state index in [1.165, 1.54) is 37.9 Å². The van der Waals surface area contributed by atoms with Crippen molar-refractivity contribution in [2.75, 3.05) is 4.90 Å². The summed E-state index contributed by atoms with van der Waals surface area (Å²) in [5.41, 5.74) is 12.0. The lowest BCUT2D eigenvalue weighted by atomic mass is 10.00. The van der Waals surface area contributed by atoms with Crippen molar-refractivity contribution in [3.05, 3.63) is 158 Å². The Hall–Kier alpha value is -5.97. The van der Waals surface area contributed by atoms with Crippen LogP contribution in [0.1, 0.15) is 0 Å². The van der Waals surface area contributed by atoms with Crippen molar-refractivity contribution < 1.29 is 4.42 Å². The normalized spacial score (nSPS) is 11.8. The number of furan rings is 1. The van der Waals surface area contributed by atoms with Gasteiger partial charge in [0.05, 0.1) is 21.9 Å². The number of anilines is 3. The van der Waals surface area contributed by atoms with Crippen LogP contribution in [0, 0.1) is 0 Å². The van der Waals surface area contributed by atoms with Gasteiger partial charge in [-0.1, -0.05) is 127 Å². The first-order valence-electron chi connectivity index (χ1n) is 15.8. The van der Waals surface area contributed by atoms with Crippen LogP contribution in [0.2, 0.25) is 0 Å². The van der Waals surface area contributed by atoms with Crippen molar-refractivity contribution in [2.24, 2.45) is 0 Å². The van der Waals surface area contributed by atoms with Gasteiger partial charge in [-0.15, -0.1) is 11.3 Å². The predicted molar refractivity (Wildman–Crippen MR) is 197 cm³/mol. The Kier molecular flexibility index (Phi) is 5.74. The molecule has 0 bridgehead atoms. The van der Waals surface area contributed by atoms with E-state index < -0.39 is 0 Å². The molecule has 0 aliphatic heterocycles. The van der Waals surface area contributed by atoms with Gasteiger partial charge >= 0.3 is 0 Å². The van der Waals surface area contributed by atoms with Crippen LogP contribution in [0.4, 0.5) is 17.1 Å². The molecule has 0 N–H and O–H groups in total. The highest BCUT2D eigenvalue weighted by atomic mass is 32.1. The van der Waals surface area contributed by atoms with Gasteiger partial charge in [-0.05, 0) is 41.5 Å². The second kappa shape index (κ2) is 10.3. The van der Waals surface area contributed by atoms with Crippen LogP contribution >= 0.6 is 11.3 Å². The zero-order chi connectivity index (χ0) is 30.9. The summed E-state index contributed by atoms with van der Waals surface area (Å²) in [4.78, 5) is 8.78. The third-order valence-corrected chi connectivity index (χ3v) is 10.4. The number of rotatable bonds is 5. The van der Waals surface area contributed by atoms with Crippen molar-refractivity contribution in [1.29, 1.82) is 0 Å². The molecule has 9 aromatic rings. The lowest BCUT2D eigenvalue weighted by molar-refractivity contribution is 0.669. The van der Waals surface area contributed by atoms with Gasteiger partial charge in [0.2, 0.25) is 0 Å². The van der Waals surface area contributed by atoms with Crippen LogP contribution in [-0.4, -0.2) is 4.98 Å². The SMILES string of the molecule is c1ccc(-c2ccc(N(c3ccc4c5c(cccc35)-c3sc(-c5ccccc5)nc3-4)c3cccc4c3oc3ccccc34)cc2)cc1. The largest absolute Gasteiger partial charge is 0.454 e. The van der Waals surface area contributed by atoms with Gasteiger partial charge in [-0.3, -0.25) is 0 Å². The van der Waals surface area contributed by atoms with E-state index in [1.54, 1.807) is 11.3 Å². The number of fused-ring (bicyclic) bond motifs is 6. The summed E-state index contributed by atoms with van der Waals surface area (Å²) in [6.07, 6.45) is 0. The molecule has 2 heterocycles. The summed E-state index contributed by atoms with van der Waals surface area (Å²) < 4.78 is 6.62. The van der Waals surface area contributed by atoms with Gasteiger partial charge < -0.3 is 9.32 Å². The molecule has 220 valence electrons. The number of para-hydroxylation sites is 2. The minimum absolute atomic E-state index is 0.873. The van der Waals surface area contributed by atoms with Crippen molar-refractivity contribution in [1.82, 2.24) is 4.98 Å². The highest BCUT2D eigenvalue weighted by molar-refractivity contribution is 7.19. The molecule has 3 nitrogen and oxygen atoms in total. The quantitative estimate of drug-likeness (QED) is 0.192. The van der Waals surface area contributed by atoms with E-state index in [0.717, 1.165) is 55.3 Å². The first kappa shape index (κ1) is 26.3. The average molecular weight is 619 g/mol. The summed E-state index contributed by atoms with van der Waals surface area (Å²) in [6.45, 7) is 0. The highest BCUT2D eigenvalue weighted by Crippen LogP contribution is 2.54. The smallest absolute Gasteiger partial charge is 0.159 e. The summed E-state index contributed by atoms with van der Waals surface area (Å²) in [7, 11) is 0. The number of benzene rings is 7. The number of hydrogen-bond donors (Lipinski definition) is 0. The second-order valence-electron chi connectivity index (χ2n) is 11.9. The maximum Gasteiger partial charge on any atom is 0.159 e. The molecule has 0 radical (unpaired) electrons. The zero-order valence-corrected chi connectivity index (χ0v) is 26.0. The van der Waals surface area contributed by atoms with Crippen LogP contribution in [0.15, 0.2) is 162 Å². The topological polar surface area (TPSA) is 29.3 Å². The number of nitrogens with zero attached hydrogens (tertiary/aromatic N) is 2. The molecule has 0 unspecified atom stereocenters. The van der Waals surface area contributed by atoms with Crippen molar-refractivity contribution in [3.63, 3.8) is 0 Å². The molecule has 0 saturated carbocycles. The van der Waals surface area contributed by atoms with Gasteiger partial charge in [0.25, 0.3) is 0 Å². The molecule has 0 amide bonds. The lowest BCUT2D eigenvalue weighted by Gasteiger charge is -2.27. The molecule has 0 fully saturated rings. The van der Waals surface area contributed by atoms with Crippen LogP contribution in [0.3, 0.4) is 0 Å². The third-order valence-electron chi connectivity index (χ3n) is 9.26. The molecule has 4 heteroatoms. The summed E-state index contributed by atoms with van der Waals surface area (Å²) in [5, 5.41) is 5.72. The molecule has 47 heavy (non-hydrogen) atoms. The third kappa shape index (κ3) is 4.02. The molecule has 1 aliphatic carbocycles. The maximum absolute atomic E-state index is 6.62. The fourth-order valence-corrected chi connectivity index (χ4v) is 8.23. The maximum atomic E-state index is 6.62. The summed E-state index contributed by atoms with van der Waals surface area (Å²) in [5.74, 6) is 0. The Morgan fingerprint density at radius 2 is 1.17 bits per heavy atom.